The molecule has 0 aromatic rings. The van der Waals surface area contributed by atoms with E-state index >= 15 is 0 Å². The van der Waals surface area contributed by atoms with Crippen LogP contribution in [0.4, 0.5) is 0 Å². The highest BCUT2D eigenvalue weighted by Crippen LogP contribution is 2.27. The summed E-state index contributed by atoms with van der Waals surface area (Å²) in [6, 6.07) is 0.280. The molecule has 11 heavy (non-hydrogen) atoms. The third-order valence-electron chi connectivity index (χ3n) is 1.82. The minimum absolute atomic E-state index is 0.280. The van der Waals surface area contributed by atoms with E-state index in [4.69, 9.17) is 12.2 Å². The van der Waals surface area contributed by atoms with E-state index < -0.39 is 0 Å². The Labute approximate surface area is 70.4 Å². The molecule has 0 spiro atoms. The molecule has 1 unspecified atom stereocenters. The molecule has 0 aliphatic heterocycles. The van der Waals surface area contributed by atoms with E-state index in [0.29, 0.717) is 5.41 Å². The maximum absolute atomic E-state index is 5.70. The van der Waals surface area contributed by atoms with Gasteiger partial charge >= 0.3 is 0 Å². The van der Waals surface area contributed by atoms with Gasteiger partial charge in [-0.05, 0) is 25.2 Å². The Kier molecular flexibility index (Phi) is 4.22. The average molecular weight is 153 g/mol. The van der Waals surface area contributed by atoms with Crippen molar-refractivity contribution in [1.29, 1.82) is 0 Å². The van der Waals surface area contributed by atoms with Crippen LogP contribution in [-0.4, -0.2) is 6.04 Å². The van der Waals surface area contributed by atoms with E-state index in [-0.39, 0.29) is 6.04 Å². The third-order valence-corrected chi connectivity index (χ3v) is 1.82. The highest BCUT2D eigenvalue weighted by atomic mass is 14.6. The molecule has 0 amide bonds. The normalized spacial score (nSPS) is 14.1. The lowest BCUT2D eigenvalue weighted by Gasteiger charge is -2.25. The number of nitrogens with two attached hydrogens (primary N) is 1. The van der Waals surface area contributed by atoms with Crippen molar-refractivity contribution in [3.8, 4) is 12.3 Å². The number of terminal acetylenes is 1. The fourth-order valence-electron chi connectivity index (χ4n) is 1.38. The number of hydrogen-bond donors (Lipinski definition) is 1. The monoisotopic (exact) mass is 153 g/mol. The van der Waals surface area contributed by atoms with Gasteiger partial charge in [-0.3, -0.25) is 0 Å². The summed E-state index contributed by atoms with van der Waals surface area (Å²) < 4.78 is 0. The molecule has 0 fully saturated rings. The quantitative estimate of drug-likeness (QED) is 0.615. The van der Waals surface area contributed by atoms with Crippen molar-refractivity contribution in [2.45, 2.75) is 46.1 Å². The summed E-state index contributed by atoms with van der Waals surface area (Å²) in [6.45, 7) is 6.47. The van der Waals surface area contributed by atoms with E-state index in [0.717, 1.165) is 19.3 Å². The molecule has 1 atom stereocenters. The van der Waals surface area contributed by atoms with E-state index in [1.807, 2.05) is 6.92 Å². The largest absolute Gasteiger partial charge is 0.328 e. The molecule has 0 saturated carbocycles. The Morgan fingerprint density at radius 2 is 2.09 bits per heavy atom. The Balaban J connectivity index is 3.72. The molecule has 0 aliphatic rings. The first-order valence-electron chi connectivity index (χ1n) is 4.17. The second-order valence-corrected chi connectivity index (χ2v) is 4.05. The van der Waals surface area contributed by atoms with Crippen LogP contribution in [0.25, 0.3) is 0 Å². The smallest absolute Gasteiger partial charge is 0.00911 e. The van der Waals surface area contributed by atoms with Crippen LogP contribution < -0.4 is 5.73 Å². The molecule has 2 N–H and O–H groups in total. The van der Waals surface area contributed by atoms with E-state index in [1.165, 1.54) is 0 Å². The van der Waals surface area contributed by atoms with Crippen molar-refractivity contribution in [2.75, 3.05) is 0 Å². The molecular weight excluding hydrogens is 134 g/mol. The van der Waals surface area contributed by atoms with Gasteiger partial charge in [0.25, 0.3) is 0 Å². The molecule has 0 saturated heterocycles. The summed E-state index contributed by atoms with van der Waals surface area (Å²) in [5.41, 5.74) is 6.00. The SMILES string of the molecule is C#CCCC(C)(C)CC(C)N. The molecule has 0 radical (unpaired) electrons. The van der Waals surface area contributed by atoms with Gasteiger partial charge < -0.3 is 5.73 Å². The molecule has 64 valence electrons. The van der Waals surface area contributed by atoms with Crippen LogP contribution in [-0.2, 0) is 0 Å². The van der Waals surface area contributed by atoms with Gasteiger partial charge in [-0.2, -0.15) is 0 Å². The summed E-state index contributed by atoms with van der Waals surface area (Å²) in [7, 11) is 0. The van der Waals surface area contributed by atoms with E-state index in [9.17, 15) is 0 Å². The van der Waals surface area contributed by atoms with Crippen LogP contribution in [0, 0.1) is 17.8 Å². The topological polar surface area (TPSA) is 26.0 Å². The Morgan fingerprint density at radius 3 is 2.45 bits per heavy atom. The second-order valence-electron chi connectivity index (χ2n) is 4.05. The number of rotatable bonds is 4. The van der Waals surface area contributed by atoms with Crippen LogP contribution in [0.2, 0.25) is 0 Å². The lowest BCUT2D eigenvalue weighted by Crippen LogP contribution is -2.24. The Morgan fingerprint density at radius 1 is 1.55 bits per heavy atom. The first-order valence-corrected chi connectivity index (χ1v) is 4.17. The van der Waals surface area contributed by atoms with Crippen LogP contribution >= 0.6 is 0 Å². The molecule has 0 aromatic carbocycles. The van der Waals surface area contributed by atoms with Crippen molar-refractivity contribution in [1.82, 2.24) is 0 Å². The van der Waals surface area contributed by atoms with Crippen LogP contribution in [0.15, 0.2) is 0 Å². The van der Waals surface area contributed by atoms with E-state index in [2.05, 4.69) is 19.8 Å². The Bertz CT molecular complexity index is 139. The fraction of sp³-hybridized carbons (Fsp3) is 0.800. The van der Waals surface area contributed by atoms with Gasteiger partial charge in [0.1, 0.15) is 0 Å². The summed E-state index contributed by atoms with van der Waals surface area (Å²) in [6.07, 6.45) is 8.17. The molecule has 1 nitrogen and oxygen atoms in total. The zero-order chi connectivity index (χ0) is 8.91. The van der Waals surface area contributed by atoms with E-state index in [1.54, 1.807) is 0 Å². The predicted octanol–water partition coefficient (Wildman–Crippen LogP) is 2.16. The van der Waals surface area contributed by atoms with Gasteiger partial charge in [-0.15, -0.1) is 12.3 Å². The second kappa shape index (κ2) is 4.41. The van der Waals surface area contributed by atoms with Gasteiger partial charge in [0.05, 0.1) is 0 Å². The maximum Gasteiger partial charge on any atom is 0.00911 e. The zero-order valence-corrected chi connectivity index (χ0v) is 7.85. The molecular formula is C10H19N. The minimum Gasteiger partial charge on any atom is -0.328 e. The predicted molar refractivity (Wildman–Crippen MR) is 50.1 cm³/mol. The van der Waals surface area contributed by atoms with Gasteiger partial charge in [0.15, 0.2) is 0 Å². The lowest BCUT2D eigenvalue weighted by atomic mass is 9.82. The Hall–Kier alpha value is -0.480. The van der Waals surface area contributed by atoms with Crippen LogP contribution in [0.3, 0.4) is 0 Å². The zero-order valence-electron chi connectivity index (χ0n) is 7.85. The fourth-order valence-corrected chi connectivity index (χ4v) is 1.38. The first-order chi connectivity index (χ1) is 4.98. The average Bonchev–Trinajstić information content (AvgIpc) is 1.81. The molecule has 0 heterocycles. The maximum atomic E-state index is 5.70. The third kappa shape index (κ3) is 5.94. The number of hydrogen-bond acceptors (Lipinski definition) is 1. The van der Waals surface area contributed by atoms with Crippen molar-refractivity contribution < 1.29 is 0 Å². The molecule has 1 heteroatoms. The summed E-state index contributed by atoms with van der Waals surface area (Å²) >= 11 is 0. The van der Waals surface area contributed by atoms with Crippen molar-refractivity contribution in [3.05, 3.63) is 0 Å². The van der Waals surface area contributed by atoms with Crippen LogP contribution in [0.1, 0.15) is 40.0 Å². The van der Waals surface area contributed by atoms with Gasteiger partial charge in [-0.1, -0.05) is 13.8 Å². The summed E-state index contributed by atoms with van der Waals surface area (Å²) in [4.78, 5) is 0. The van der Waals surface area contributed by atoms with Gasteiger partial charge in [-0.25, -0.2) is 0 Å². The van der Waals surface area contributed by atoms with Crippen molar-refractivity contribution >= 4 is 0 Å². The highest BCUT2D eigenvalue weighted by Gasteiger charge is 2.18. The van der Waals surface area contributed by atoms with Crippen molar-refractivity contribution in [3.63, 3.8) is 0 Å². The molecule has 0 rings (SSSR count). The van der Waals surface area contributed by atoms with Gasteiger partial charge in [0.2, 0.25) is 0 Å². The minimum atomic E-state index is 0.280. The molecule has 0 bridgehead atoms. The van der Waals surface area contributed by atoms with Crippen molar-refractivity contribution in [2.24, 2.45) is 11.1 Å². The lowest BCUT2D eigenvalue weighted by molar-refractivity contribution is 0.291. The van der Waals surface area contributed by atoms with Gasteiger partial charge in [0, 0.05) is 12.5 Å². The van der Waals surface area contributed by atoms with Crippen LogP contribution in [0.5, 0.6) is 0 Å². The first kappa shape index (κ1) is 10.5. The summed E-state index contributed by atoms with van der Waals surface area (Å²) in [5, 5.41) is 0. The standard InChI is InChI=1S/C10H19N/c1-5-6-7-10(3,4)8-9(2)11/h1,9H,6-8,11H2,2-4H3. The molecule has 0 aliphatic carbocycles. The molecule has 0 aromatic heterocycles. The highest BCUT2D eigenvalue weighted by molar-refractivity contribution is 4.86. The summed E-state index contributed by atoms with van der Waals surface area (Å²) in [5.74, 6) is 2.66.